The van der Waals surface area contributed by atoms with Crippen LogP contribution >= 0.6 is 0 Å². The van der Waals surface area contributed by atoms with Crippen LogP contribution in [0.3, 0.4) is 0 Å². The van der Waals surface area contributed by atoms with Gasteiger partial charge in [-0.25, -0.2) is 4.98 Å². The van der Waals surface area contributed by atoms with Crippen molar-refractivity contribution in [2.24, 2.45) is 0 Å². The molecule has 0 aromatic carbocycles. The van der Waals surface area contributed by atoms with E-state index in [1.165, 1.54) is 31.6 Å². The first-order valence-electron chi connectivity index (χ1n) is 4.99. The Hall–Kier alpha value is -0.830. The van der Waals surface area contributed by atoms with Gasteiger partial charge in [0.15, 0.2) is 0 Å². The van der Waals surface area contributed by atoms with E-state index < -0.39 is 0 Å². The number of hydrogen-bond donors (Lipinski definition) is 2. The third-order valence-corrected chi connectivity index (χ3v) is 2.10. The van der Waals surface area contributed by atoms with Gasteiger partial charge in [0.05, 0.1) is 6.33 Å². The lowest BCUT2D eigenvalue weighted by molar-refractivity contribution is 0.832. The van der Waals surface area contributed by atoms with Gasteiger partial charge < -0.3 is 10.3 Å². The van der Waals surface area contributed by atoms with Crippen molar-refractivity contribution in [1.82, 2.24) is 15.3 Å². The molecule has 0 bridgehead atoms. The Labute approximate surface area is 80.0 Å². The molecular formula is C10H19N3. The lowest BCUT2D eigenvalue weighted by Crippen LogP contribution is -2.03. The smallest absolute Gasteiger partial charge is 0.0921 e. The fraction of sp³-hybridized carbons (Fsp3) is 0.700. The van der Waals surface area contributed by atoms with E-state index >= 15 is 0 Å². The van der Waals surface area contributed by atoms with Crippen LogP contribution in [0, 0.1) is 0 Å². The number of imidazole rings is 1. The van der Waals surface area contributed by atoms with Crippen LogP contribution in [0.4, 0.5) is 0 Å². The fourth-order valence-corrected chi connectivity index (χ4v) is 1.21. The highest BCUT2D eigenvalue weighted by molar-refractivity contribution is 4.99. The van der Waals surface area contributed by atoms with Crippen LogP contribution in [-0.2, 0) is 0 Å². The van der Waals surface area contributed by atoms with Gasteiger partial charge in [0.1, 0.15) is 0 Å². The second kappa shape index (κ2) is 5.75. The largest absolute Gasteiger partial charge is 0.348 e. The molecule has 1 saturated heterocycles. The van der Waals surface area contributed by atoms with E-state index in [1.807, 2.05) is 6.20 Å². The predicted octanol–water partition coefficient (Wildman–Crippen LogP) is 1.90. The summed E-state index contributed by atoms with van der Waals surface area (Å²) in [5.41, 5.74) is 1.20. The summed E-state index contributed by atoms with van der Waals surface area (Å²) in [6.45, 7) is 6.76. The van der Waals surface area contributed by atoms with Gasteiger partial charge in [-0.3, -0.25) is 0 Å². The van der Waals surface area contributed by atoms with E-state index in [0.717, 1.165) is 0 Å². The highest BCUT2D eigenvalue weighted by Crippen LogP contribution is 2.07. The van der Waals surface area contributed by atoms with Crippen LogP contribution in [0.15, 0.2) is 12.5 Å². The molecule has 74 valence electrons. The Morgan fingerprint density at radius 1 is 1.31 bits per heavy atom. The lowest BCUT2D eigenvalue weighted by Gasteiger charge is -1.95. The molecule has 0 amide bonds. The summed E-state index contributed by atoms with van der Waals surface area (Å²) in [7, 11) is 0. The number of H-pyrrole nitrogens is 1. The molecule has 2 N–H and O–H groups in total. The van der Waals surface area contributed by atoms with E-state index in [2.05, 4.69) is 29.1 Å². The van der Waals surface area contributed by atoms with Crippen molar-refractivity contribution in [3.8, 4) is 0 Å². The molecule has 13 heavy (non-hydrogen) atoms. The van der Waals surface area contributed by atoms with E-state index in [4.69, 9.17) is 0 Å². The minimum absolute atomic E-state index is 0.567. The number of nitrogens with one attached hydrogen (secondary N) is 2. The molecule has 0 atom stereocenters. The topological polar surface area (TPSA) is 40.7 Å². The van der Waals surface area contributed by atoms with Gasteiger partial charge >= 0.3 is 0 Å². The molecular weight excluding hydrogens is 162 g/mol. The van der Waals surface area contributed by atoms with Crippen molar-refractivity contribution < 1.29 is 0 Å². The first-order valence-corrected chi connectivity index (χ1v) is 4.99. The van der Waals surface area contributed by atoms with Gasteiger partial charge in [-0.05, 0) is 31.8 Å². The summed E-state index contributed by atoms with van der Waals surface area (Å²) in [6.07, 6.45) is 6.33. The van der Waals surface area contributed by atoms with Gasteiger partial charge in [0, 0.05) is 11.9 Å². The normalized spacial score (nSPS) is 15.6. The molecule has 0 aliphatic carbocycles. The summed E-state index contributed by atoms with van der Waals surface area (Å²) in [6, 6.07) is 0. The predicted molar refractivity (Wildman–Crippen MR) is 54.8 cm³/mol. The van der Waals surface area contributed by atoms with E-state index in [0.29, 0.717) is 5.92 Å². The Morgan fingerprint density at radius 3 is 2.23 bits per heavy atom. The number of rotatable bonds is 1. The maximum Gasteiger partial charge on any atom is 0.0921 e. The molecule has 1 fully saturated rings. The molecule has 0 saturated carbocycles. The van der Waals surface area contributed by atoms with Crippen molar-refractivity contribution in [3.05, 3.63) is 18.2 Å². The molecule has 1 aliphatic heterocycles. The third-order valence-electron chi connectivity index (χ3n) is 2.10. The first kappa shape index (κ1) is 10.3. The van der Waals surface area contributed by atoms with Crippen molar-refractivity contribution in [2.45, 2.75) is 32.6 Å². The Bertz CT molecular complexity index is 192. The average Bonchev–Trinajstić information content (AvgIpc) is 2.82. The minimum Gasteiger partial charge on any atom is -0.348 e. The molecule has 2 rings (SSSR count). The number of aromatic amines is 1. The molecule has 2 heterocycles. The highest BCUT2D eigenvalue weighted by atomic mass is 14.9. The van der Waals surface area contributed by atoms with Crippen molar-refractivity contribution in [3.63, 3.8) is 0 Å². The second-order valence-corrected chi connectivity index (χ2v) is 3.62. The Kier molecular flexibility index (Phi) is 4.54. The summed E-state index contributed by atoms with van der Waals surface area (Å²) in [5.74, 6) is 0.567. The molecule has 3 heteroatoms. The first-order chi connectivity index (χ1) is 6.30. The van der Waals surface area contributed by atoms with Crippen LogP contribution in [-0.4, -0.2) is 23.1 Å². The Morgan fingerprint density at radius 2 is 2.00 bits per heavy atom. The number of aromatic nitrogens is 2. The molecule has 1 aliphatic rings. The zero-order chi connectivity index (χ0) is 9.52. The molecule has 0 radical (unpaired) electrons. The lowest BCUT2D eigenvalue weighted by atomic mass is 10.2. The van der Waals surface area contributed by atoms with Gasteiger partial charge in [0.2, 0.25) is 0 Å². The van der Waals surface area contributed by atoms with Gasteiger partial charge in [-0.1, -0.05) is 13.8 Å². The monoisotopic (exact) mass is 181 g/mol. The summed E-state index contributed by atoms with van der Waals surface area (Å²) < 4.78 is 0. The van der Waals surface area contributed by atoms with Crippen molar-refractivity contribution in [1.29, 1.82) is 0 Å². The molecule has 1 aromatic heterocycles. The summed E-state index contributed by atoms with van der Waals surface area (Å²) >= 11 is 0. The maximum atomic E-state index is 3.89. The van der Waals surface area contributed by atoms with Crippen molar-refractivity contribution >= 4 is 0 Å². The van der Waals surface area contributed by atoms with Crippen LogP contribution in [0.1, 0.15) is 38.3 Å². The van der Waals surface area contributed by atoms with E-state index in [1.54, 1.807) is 6.33 Å². The molecule has 1 aromatic rings. The summed E-state index contributed by atoms with van der Waals surface area (Å²) in [5, 5.41) is 3.22. The van der Waals surface area contributed by atoms with Crippen LogP contribution in [0.2, 0.25) is 0 Å². The highest BCUT2D eigenvalue weighted by Gasteiger charge is 1.96. The van der Waals surface area contributed by atoms with Crippen LogP contribution < -0.4 is 5.32 Å². The fourth-order valence-electron chi connectivity index (χ4n) is 1.21. The Balaban J connectivity index is 0.000000145. The zero-order valence-corrected chi connectivity index (χ0v) is 8.51. The SMILES string of the molecule is C1CCNC1.CC(C)c1cnc[nH]1. The van der Waals surface area contributed by atoms with Gasteiger partial charge in [-0.15, -0.1) is 0 Å². The van der Waals surface area contributed by atoms with Gasteiger partial charge in [-0.2, -0.15) is 0 Å². The second-order valence-electron chi connectivity index (χ2n) is 3.62. The number of nitrogens with zero attached hydrogens (tertiary/aromatic N) is 1. The van der Waals surface area contributed by atoms with Crippen LogP contribution in [0.25, 0.3) is 0 Å². The standard InChI is InChI=1S/C6H10N2.C4H9N/c1-5(2)6-3-7-4-8-6;1-2-4-5-3-1/h3-5H,1-2H3,(H,7,8);5H,1-4H2. The molecule has 0 unspecified atom stereocenters. The number of hydrogen-bond acceptors (Lipinski definition) is 2. The van der Waals surface area contributed by atoms with Crippen LogP contribution in [0.5, 0.6) is 0 Å². The molecule has 3 nitrogen and oxygen atoms in total. The quantitative estimate of drug-likeness (QED) is 0.694. The van der Waals surface area contributed by atoms with Gasteiger partial charge in [0.25, 0.3) is 0 Å². The molecule has 0 spiro atoms. The maximum absolute atomic E-state index is 3.89. The summed E-state index contributed by atoms with van der Waals surface area (Å²) in [4.78, 5) is 6.91. The van der Waals surface area contributed by atoms with E-state index in [9.17, 15) is 0 Å². The van der Waals surface area contributed by atoms with Crippen molar-refractivity contribution in [2.75, 3.05) is 13.1 Å². The van der Waals surface area contributed by atoms with E-state index in [-0.39, 0.29) is 0 Å². The minimum atomic E-state index is 0.567. The zero-order valence-electron chi connectivity index (χ0n) is 8.51. The average molecular weight is 181 g/mol. The third kappa shape index (κ3) is 4.08.